The van der Waals surface area contributed by atoms with Crippen LogP contribution in [0.1, 0.15) is 35.1 Å². The quantitative estimate of drug-likeness (QED) is 0.348. The van der Waals surface area contributed by atoms with Gasteiger partial charge in [0, 0.05) is 48.9 Å². The van der Waals surface area contributed by atoms with Crippen LogP contribution in [0.4, 0.5) is 5.69 Å². The maximum Gasteiger partial charge on any atom is 0.304 e. The molecule has 1 N–H and O–H groups in total. The minimum absolute atomic E-state index is 0.310. The fourth-order valence-electron chi connectivity index (χ4n) is 5.43. The number of halogens is 1. The highest BCUT2D eigenvalue weighted by Crippen LogP contribution is 2.36. The molecule has 0 spiro atoms. The van der Waals surface area contributed by atoms with Crippen molar-refractivity contribution in [3.63, 3.8) is 0 Å². The Bertz CT molecular complexity index is 1510. The normalized spacial score (nSPS) is 15.7. The molecule has 1 aliphatic carbocycles. The number of para-hydroxylation sites is 1. The monoisotopic (exact) mass is 579 g/mol. The molecule has 0 radical (unpaired) electrons. The van der Waals surface area contributed by atoms with E-state index in [-0.39, 0.29) is 0 Å². The molecule has 0 aromatic heterocycles. The molecule has 0 bridgehead atoms. The van der Waals surface area contributed by atoms with Crippen LogP contribution in [0.5, 0.6) is 5.75 Å². The predicted molar refractivity (Wildman–Crippen MR) is 160 cm³/mol. The van der Waals surface area contributed by atoms with E-state index >= 15 is 0 Å². The summed E-state index contributed by atoms with van der Waals surface area (Å²) in [7, 11) is -3.97. The average Bonchev–Trinajstić information content (AvgIpc) is 3.33. The number of ether oxygens (including phenoxy) is 1. The molecule has 0 atom stereocenters. The number of piperazine rings is 1. The lowest BCUT2D eigenvalue weighted by Gasteiger charge is -2.35. The molecule has 3 aromatic rings. The van der Waals surface area contributed by atoms with E-state index in [1.807, 2.05) is 80.6 Å². The Morgan fingerprint density at radius 3 is 2.30 bits per heavy atom. The Balaban J connectivity index is 1.24. The molecule has 0 unspecified atom stereocenters. The molecule has 9 heteroatoms. The highest BCUT2D eigenvalue weighted by atomic mass is 35.5. The van der Waals surface area contributed by atoms with Crippen molar-refractivity contribution in [3.8, 4) is 5.75 Å². The summed E-state index contributed by atoms with van der Waals surface area (Å²) >= 11 is 6.27. The van der Waals surface area contributed by atoms with Crippen LogP contribution in [-0.4, -0.2) is 51.4 Å². The van der Waals surface area contributed by atoms with Gasteiger partial charge in [0.2, 0.25) is 0 Å². The summed E-state index contributed by atoms with van der Waals surface area (Å²) in [5, 5.41) is 0.740. The molecular formula is C31H34ClN3O4S. The van der Waals surface area contributed by atoms with Gasteiger partial charge >= 0.3 is 10.2 Å². The summed E-state index contributed by atoms with van der Waals surface area (Å²) in [6.45, 7) is 6.10. The number of hydrogen-bond acceptors (Lipinski definition) is 5. The molecule has 1 heterocycles. The Morgan fingerprint density at radius 2 is 1.60 bits per heavy atom. The molecule has 3 aromatic carbocycles. The third-order valence-electron chi connectivity index (χ3n) is 7.52. The fraction of sp³-hybridized carbons (Fsp3) is 0.323. The second-order valence-corrected chi connectivity index (χ2v) is 12.3. The molecule has 1 fully saturated rings. The molecule has 210 valence electrons. The Morgan fingerprint density at radius 1 is 0.950 bits per heavy atom. The highest BCUT2D eigenvalue weighted by molar-refractivity contribution is 7.87. The van der Waals surface area contributed by atoms with Gasteiger partial charge in [-0.15, -0.1) is 0 Å². The van der Waals surface area contributed by atoms with Crippen LogP contribution >= 0.6 is 11.6 Å². The van der Waals surface area contributed by atoms with E-state index in [0.29, 0.717) is 57.6 Å². The summed E-state index contributed by atoms with van der Waals surface area (Å²) in [6.07, 6.45) is 1.68. The third kappa shape index (κ3) is 6.19. The van der Waals surface area contributed by atoms with Gasteiger partial charge in [0.15, 0.2) is 0 Å². The van der Waals surface area contributed by atoms with Crippen molar-refractivity contribution in [3.05, 3.63) is 99.6 Å². The van der Waals surface area contributed by atoms with Gasteiger partial charge < -0.3 is 9.64 Å². The van der Waals surface area contributed by atoms with Crippen molar-refractivity contribution in [2.24, 2.45) is 0 Å². The van der Waals surface area contributed by atoms with Crippen molar-refractivity contribution < 1.29 is 17.9 Å². The van der Waals surface area contributed by atoms with Crippen LogP contribution in [0.25, 0.3) is 5.57 Å². The van der Waals surface area contributed by atoms with E-state index in [2.05, 4.69) is 9.62 Å². The first-order chi connectivity index (χ1) is 19.2. The first kappa shape index (κ1) is 28.2. The molecule has 7 nitrogen and oxygen atoms in total. The summed E-state index contributed by atoms with van der Waals surface area (Å²) in [6, 6.07) is 21.6. The first-order valence-electron chi connectivity index (χ1n) is 13.5. The number of allylic oxidation sites excluding steroid dienone is 1. The van der Waals surface area contributed by atoms with Gasteiger partial charge in [-0.05, 0) is 78.8 Å². The van der Waals surface area contributed by atoms with Gasteiger partial charge in [-0.1, -0.05) is 54.1 Å². The number of anilines is 1. The minimum atomic E-state index is -3.97. The average molecular weight is 580 g/mol. The molecular weight excluding hydrogens is 546 g/mol. The molecule has 1 amide bonds. The van der Waals surface area contributed by atoms with E-state index < -0.39 is 16.1 Å². The second-order valence-electron chi connectivity index (χ2n) is 10.3. The Labute approximate surface area is 241 Å². The Hall–Kier alpha value is -3.33. The van der Waals surface area contributed by atoms with Crippen molar-refractivity contribution in [1.82, 2.24) is 9.03 Å². The second kappa shape index (κ2) is 12.0. The maximum atomic E-state index is 13.4. The van der Waals surface area contributed by atoms with Crippen molar-refractivity contribution in [1.29, 1.82) is 0 Å². The maximum absolute atomic E-state index is 13.4. The number of fused-ring (bicyclic) bond motifs is 1. The summed E-state index contributed by atoms with van der Waals surface area (Å²) in [5.74, 6) is 0.207. The lowest BCUT2D eigenvalue weighted by Crippen LogP contribution is -2.53. The lowest BCUT2D eigenvalue weighted by molar-refractivity contribution is -0.115. The van der Waals surface area contributed by atoms with E-state index in [1.54, 1.807) is 0 Å². The van der Waals surface area contributed by atoms with Crippen molar-refractivity contribution >= 4 is 39.0 Å². The number of rotatable bonds is 9. The Kier molecular flexibility index (Phi) is 8.49. The molecule has 1 aliphatic heterocycles. The van der Waals surface area contributed by atoms with Gasteiger partial charge in [0.05, 0.1) is 6.61 Å². The smallest absolute Gasteiger partial charge is 0.304 e. The number of nitrogens with one attached hydrogen (secondary N) is 1. The van der Waals surface area contributed by atoms with Gasteiger partial charge in [-0.25, -0.2) is 4.72 Å². The first-order valence-corrected chi connectivity index (χ1v) is 15.4. The number of amides is 1. The number of benzene rings is 3. The summed E-state index contributed by atoms with van der Waals surface area (Å²) in [4.78, 5) is 15.6. The number of carbonyl (C=O) groups is 1. The van der Waals surface area contributed by atoms with Gasteiger partial charge in [-0.2, -0.15) is 12.7 Å². The zero-order chi connectivity index (χ0) is 28.3. The topological polar surface area (TPSA) is 78.9 Å². The molecule has 5 rings (SSSR count). The highest BCUT2D eigenvalue weighted by Gasteiger charge is 2.32. The lowest BCUT2D eigenvalue weighted by atomic mass is 10.0. The van der Waals surface area contributed by atoms with Gasteiger partial charge in [0.1, 0.15) is 5.75 Å². The predicted octanol–water partition coefficient (Wildman–Crippen LogP) is 5.31. The molecule has 2 aliphatic rings. The zero-order valence-corrected chi connectivity index (χ0v) is 24.4. The largest absolute Gasteiger partial charge is 0.494 e. The van der Waals surface area contributed by atoms with Crippen LogP contribution in [0.15, 0.2) is 72.3 Å². The van der Waals surface area contributed by atoms with Crippen molar-refractivity contribution in [2.75, 3.05) is 37.7 Å². The number of aryl methyl sites for hydroxylation is 2. The van der Waals surface area contributed by atoms with E-state index in [1.165, 1.54) is 4.31 Å². The number of nitrogens with zero attached hydrogens (tertiary/aromatic N) is 2. The van der Waals surface area contributed by atoms with Crippen LogP contribution in [0, 0.1) is 13.8 Å². The number of hydrogen-bond donors (Lipinski definition) is 1. The van der Waals surface area contributed by atoms with Gasteiger partial charge in [0.25, 0.3) is 5.91 Å². The van der Waals surface area contributed by atoms with E-state index in [9.17, 15) is 13.2 Å². The molecule has 1 saturated heterocycles. The van der Waals surface area contributed by atoms with Crippen LogP contribution < -0.4 is 14.4 Å². The standard InChI is InChI=1S/C31H34ClN3O4S/c1-22-19-26(20-23(2)30(22)32)39-18-8-13-28-27-12-7-6-9-24(27)21-29(28)31(36)33-40(37,38)35-16-14-34(15-17-35)25-10-4-3-5-11-25/h3-7,9-12,19-20H,8,13-18,21H2,1-2H3,(H,33,36). The molecule has 40 heavy (non-hydrogen) atoms. The summed E-state index contributed by atoms with van der Waals surface area (Å²) in [5.41, 5.74) is 6.40. The third-order valence-corrected chi connectivity index (χ3v) is 9.60. The number of carbonyl (C=O) groups excluding carboxylic acids is 1. The van der Waals surface area contributed by atoms with Crippen LogP contribution in [-0.2, 0) is 21.4 Å². The van der Waals surface area contributed by atoms with Crippen LogP contribution in [0.2, 0.25) is 5.02 Å². The van der Waals surface area contributed by atoms with E-state index in [0.717, 1.165) is 44.3 Å². The summed E-state index contributed by atoms with van der Waals surface area (Å²) < 4.78 is 36.1. The van der Waals surface area contributed by atoms with Crippen LogP contribution in [0.3, 0.4) is 0 Å². The van der Waals surface area contributed by atoms with E-state index in [4.69, 9.17) is 16.3 Å². The minimum Gasteiger partial charge on any atom is -0.494 e. The SMILES string of the molecule is Cc1cc(OCCCC2=C(C(=O)NS(=O)(=O)N3CCN(c4ccccc4)CC3)Cc3ccccc32)cc(C)c1Cl. The van der Waals surface area contributed by atoms with Gasteiger partial charge in [-0.3, -0.25) is 4.79 Å². The fourth-order valence-corrected chi connectivity index (χ4v) is 6.67. The molecule has 0 saturated carbocycles. The van der Waals surface area contributed by atoms with Crippen molar-refractivity contribution in [2.45, 2.75) is 33.1 Å². The zero-order valence-electron chi connectivity index (χ0n) is 22.8.